The van der Waals surface area contributed by atoms with Crippen LogP contribution in [0.2, 0.25) is 0 Å². The van der Waals surface area contributed by atoms with Crippen LogP contribution < -0.4 is 5.32 Å². The van der Waals surface area contributed by atoms with Gasteiger partial charge in [0.2, 0.25) is 0 Å². The molecule has 1 amide bonds. The molecule has 0 radical (unpaired) electrons. The van der Waals surface area contributed by atoms with Crippen molar-refractivity contribution in [1.29, 1.82) is 0 Å². The zero-order chi connectivity index (χ0) is 22.3. The molecule has 2 heterocycles. The van der Waals surface area contributed by atoms with E-state index >= 15 is 0 Å². The van der Waals surface area contributed by atoms with Crippen LogP contribution >= 0.6 is 0 Å². The van der Waals surface area contributed by atoms with Crippen LogP contribution in [0.3, 0.4) is 0 Å². The lowest BCUT2D eigenvalue weighted by Crippen LogP contribution is -2.63. The Hall–Kier alpha value is -1.96. The SMILES string of the molecule is C=CC(C)=CC[C@@H]1O[C@H](C)[C@H](NC2CO[C@@H](C(C)C=CC=O)CN2C(=O)O)C[C@@H]1C. The minimum atomic E-state index is -0.979. The summed E-state index contributed by atoms with van der Waals surface area (Å²) < 4.78 is 12.2. The van der Waals surface area contributed by atoms with Crippen molar-refractivity contribution in [1.82, 2.24) is 10.2 Å². The molecule has 0 spiro atoms. The number of morpholine rings is 1. The fourth-order valence-corrected chi connectivity index (χ4v) is 4.06. The molecule has 0 aromatic carbocycles. The molecule has 0 aromatic rings. The number of carbonyl (C=O) groups is 2. The standard InChI is InChI=1S/C23H36N2O5/c1-6-15(2)9-10-20-17(4)12-19(18(5)30-20)24-22-14-29-21(13-25(22)23(27)28)16(3)8-7-11-26/h6-9,11,16-22,24H,1,10,12-14H2,2-5H3,(H,27,28)/t16?,17-,18+,19+,20-,21+,22?/m0/s1. The summed E-state index contributed by atoms with van der Waals surface area (Å²) in [4.78, 5) is 23.8. The van der Waals surface area contributed by atoms with E-state index in [1.54, 1.807) is 6.08 Å². The van der Waals surface area contributed by atoms with Gasteiger partial charge in [-0.1, -0.05) is 44.2 Å². The van der Waals surface area contributed by atoms with Crippen molar-refractivity contribution in [2.45, 2.75) is 71.1 Å². The zero-order valence-electron chi connectivity index (χ0n) is 18.5. The zero-order valence-corrected chi connectivity index (χ0v) is 18.5. The molecule has 0 aromatic heterocycles. The second-order valence-corrected chi connectivity index (χ2v) is 8.46. The molecule has 7 atom stereocenters. The van der Waals surface area contributed by atoms with Crippen LogP contribution in [0, 0.1) is 11.8 Å². The van der Waals surface area contributed by atoms with Crippen LogP contribution in [0.4, 0.5) is 4.79 Å². The Morgan fingerprint density at radius 2 is 2.13 bits per heavy atom. The van der Waals surface area contributed by atoms with Crippen molar-refractivity contribution in [3.8, 4) is 0 Å². The van der Waals surface area contributed by atoms with E-state index in [2.05, 4.69) is 24.9 Å². The van der Waals surface area contributed by atoms with Gasteiger partial charge in [0.25, 0.3) is 0 Å². The largest absolute Gasteiger partial charge is 0.465 e. The minimum absolute atomic E-state index is 0.0357. The maximum atomic E-state index is 11.9. The fraction of sp³-hybridized carbons (Fsp3) is 0.652. The molecule has 7 nitrogen and oxygen atoms in total. The van der Waals surface area contributed by atoms with Crippen LogP contribution in [-0.4, -0.2) is 66.1 Å². The van der Waals surface area contributed by atoms with Gasteiger partial charge in [0.15, 0.2) is 0 Å². The third-order valence-electron chi connectivity index (χ3n) is 6.16. The quantitative estimate of drug-likeness (QED) is 0.356. The average molecular weight is 421 g/mol. The Kier molecular flexibility index (Phi) is 9.27. The Morgan fingerprint density at radius 3 is 2.77 bits per heavy atom. The van der Waals surface area contributed by atoms with Gasteiger partial charge >= 0.3 is 6.09 Å². The van der Waals surface area contributed by atoms with Gasteiger partial charge in [0.1, 0.15) is 12.5 Å². The van der Waals surface area contributed by atoms with E-state index in [0.717, 1.165) is 18.4 Å². The highest BCUT2D eigenvalue weighted by atomic mass is 16.5. The lowest BCUT2D eigenvalue weighted by Gasteiger charge is -2.45. The van der Waals surface area contributed by atoms with Gasteiger partial charge in [-0.2, -0.15) is 0 Å². The smallest absolute Gasteiger partial charge is 0.408 e. The van der Waals surface area contributed by atoms with Crippen LogP contribution in [-0.2, 0) is 14.3 Å². The van der Waals surface area contributed by atoms with E-state index in [4.69, 9.17) is 9.47 Å². The number of nitrogens with one attached hydrogen (secondary N) is 1. The number of aldehydes is 1. The van der Waals surface area contributed by atoms with E-state index in [-0.39, 0.29) is 43.4 Å². The van der Waals surface area contributed by atoms with Crippen LogP contribution in [0.1, 0.15) is 40.5 Å². The van der Waals surface area contributed by atoms with Crippen molar-refractivity contribution in [3.05, 3.63) is 36.5 Å². The molecule has 2 saturated heterocycles. The number of hydrogen-bond donors (Lipinski definition) is 2. The Labute approximate surface area is 179 Å². The van der Waals surface area contributed by atoms with Gasteiger partial charge in [-0.25, -0.2) is 4.79 Å². The van der Waals surface area contributed by atoms with Gasteiger partial charge in [0.05, 0.1) is 31.5 Å². The van der Waals surface area contributed by atoms with Gasteiger partial charge in [-0.3, -0.25) is 15.0 Å². The molecule has 30 heavy (non-hydrogen) atoms. The van der Waals surface area contributed by atoms with Crippen molar-refractivity contribution in [3.63, 3.8) is 0 Å². The number of ether oxygens (including phenoxy) is 2. The summed E-state index contributed by atoms with van der Waals surface area (Å²) in [5, 5.41) is 13.2. The van der Waals surface area contributed by atoms with E-state index in [1.165, 1.54) is 11.0 Å². The lowest BCUT2D eigenvalue weighted by atomic mass is 9.88. The summed E-state index contributed by atoms with van der Waals surface area (Å²) >= 11 is 0. The fourth-order valence-electron chi connectivity index (χ4n) is 4.06. The van der Waals surface area contributed by atoms with Gasteiger partial charge in [-0.05, 0) is 38.7 Å². The summed E-state index contributed by atoms with van der Waals surface area (Å²) in [7, 11) is 0. The topological polar surface area (TPSA) is 88.1 Å². The molecule has 168 valence electrons. The molecule has 2 N–H and O–H groups in total. The van der Waals surface area contributed by atoms with E-state index in [1.807, 2.05) is 26.8 Å². The molecular weight excluding hydrogens is 384 g/mol. The Balaban J connectivity index is 1.98. The molecule has 0 saturated carbocycles. The van der Waals surface area contributed by atoms with Crippen LogP contribution in [0.5, 0.6) is 0 Å². The van der Waals surface area contributed by atoms with Crippen molar-refractivity contribution >= 4 is 12.4 Å². The maximum absolute atomic E-state index is 11.9. The molecule has 0 aliphatic carbocycles. The first-order chi connectivity index (χ1) is 14.3. The molecular formula is C23H36N2O5. The number of carbonyl (C=O) groups excluding carboxylic acids is 1. The number of amides is 1. The second kappa shape index (κ2) is 11.4. The lowest BCUT2D eigenvalue weighted by molar-refractivity contribution is -0.112. The highest BCUT2D eigenvalue weighted by Gasteiger charge is 2.39. The summed E-state index contributed by atoms with van der Waals surface area (Å²) in [6.45, 7) is 12.4. The van der Waals surface area contributed by atoms with Crippen molar-refractivity contribution in [2.75, 3.05) is 13.2 Å². The highest BCUT2D eigenvalue weighted by molar-refractivity contribution is 5.66. The first-order valence-corrected chi connectivity index (χ1v) is 10.7. The van der Waals surface area contributed by atoms with E-state index in [9.17, 15) is 14.7 Å². The van der Waals surface area contributed by atoms with Crippen LogP contribution in [0.25, 0.3) is 0 Å². The predicted octanol–water partition coefficient (Wildman–Crippen LogP) is 3.38. The van der Waals surface area contributed by atoms with Gasteiger partial charge in [-0.15, -0.1) is 0 Å². The number of carboxylic acid groups (broad SMARTS) is 1. The maximum Gasteiger partial charge on any atom is 0.408 e. The third kappa shape index (κ3) is 6.52. The van der Waals surface area contributed by atoms with E-state index in [0.29, 0.717) is 12.2 Å². The summed E-state index contributed by atoms with van der Waals surface area (Å²) in [5.74, 6) is 0.291. The highest BCUT2D eigenvalue weighted by Crippen LogP contribution is 2.29. The van der Waals surface area contributed by atoms with E-state index < -0.39 is 12.3 Å². The predicted molar refractivity (Wildman–Crippen MR) is 116 cm³/mol. The molecule has 7 heteroatoms. The summed E-state index contributed by atoms with van der Waals surface area (Å²) in [5.41, 5.74) is 1.14. The molecule has 2 rings (SSSR count). The summed E-state index contributed by atoms with van der Waals surface area (Å²) in [6.07, 6.45) is 8.04. The average Bonchev–Trinajstić information content (AvgIpc) is 2.73. The number of hydrogen-bond acceptors (Lipinski definition) is 5. The molecule has 0 bridgehead atoms. The van der Waals surface area contributed by atoms with Crippen LogP contribution in [0.15, 0.2) is 36.5 Å². The van der Waals surface area contributed by atoms with Crippen molar-refractivity contribution in [2.24, 2.45) is 11.8 Å². The minimum Gasteiger partial charge on any atom is -0.465 e. The second-order valence-electron chi connectivity index (χ2n) is 8.46. The van der Waals surface area contributed by atoms with Crippen molar-refractivity contribution < 1.29 is 24.2 Å². The normalized spacial score (nSPS) is 34.0. The van der Waals surface area contributed by atoms with Gasteiger partial charge < -0.3 is 14.6 Å². The monoisotopic (exact) mass is 420 g/mol. The molecule has 2 fully saturated rings. The Bertz CT molecular complexity index is 662. The summed E-state index contributed by atoms with van der Waals surface area (Å²) in [6, 6.07) is 0.0418. The third-order valence-corrected chi connectivity index (χ3v) is 6.16. The number of allylic oxidation sites excluding steroid dienone is 3. The number of rotatable bonds is 8. The molecule has 2 aliphatic heterocycles. The Morgan fingerprint density at radius 1 is 1.40 bits per heavy atom. The first-order valence-electron chi connectivity index (χ1n) is 10.7. The number of nitrogens with zero attached hydrogens (tertiary/aromatic N) is 1. The molecule has 2 unspecified atom stereocenters. The first kappa shape index (κ1) is 24.3. The van der Waals surface area contributed by atoms with Gasteiger partial charge in [0, 0.05) is 12.0 Å². The molecule has 2 aliphatic rings.